The molecule has 3 rings (SSSR count). The first-order valence-electron chi connectivity index (χ1n) is 7.78. The minimum absolute atomic E-state index is 0.211. The van der Waals surface area contributed by atoms with E-state index in [0.29, 0.717) is 32.3 Å². The van der Waals surface area contributed by atoms with Crippen molar-refractivity contribution >= 4 is 46.2 Å². The Morgan fingerprint density at radius 2 is 2.00 bits per heavy atom. The van der Waals surface area contributed by atoms with Crippen LogP contribution in [-0.2, 0) is 4.79 Å². The average Bonchev–Trinajstić information content (AvgIpc) is 2.97. The number of ether oxygens (including phenoxy) is 2. The quantitative estimate of drug-likeness (QED) is 0.780. The molecular weight excluding hydrogens is 372 g/mol. The third-order valence-electron chi connectivity index (χ3n) is 3.76. The van der Waals surface area contributed by atoms with Gasteiger partial charge >= 0.3 is 0 Å². The number of methoxy groups -OCH3 is 2. The van der Waals surface area contributed by atoms with Gasteiger partial charge in [-0.25, -0.2) is 4.99 Å². The molecule has 0 atom stereocenters. The van der Waals surface area contributed by atoms with Gasteiger partial charge in [-0.3, -0.25) is 4.79 Å². The number of hydrogen-bond donors (Lipinski definition) is 1. The minimum atomic E-state index is -0.211. The van der Waals surface area contributed by atoms with Crippen molar-refractivity contribution in [3.63, 3.8) is 0 Å². The van der Waals surface area contributed by atoms with Crippen LogP contribution in [-0.4, -0.2) is 25.3 Å². The summed E-state index contributed by atoms with van der Waals surface area (Å²) >= 11 is 7.39. The molecule has 5 nitrogen and oxygen atoms in total. The molecule has 134 valence electrons. The van der Waals surface area contributed by atoms with Crippen LogP contribution < -0.4 is 14.8 Å². The van der Waals surface area contributed by atoms with Crippen LogP contribution >= 0.6 is 23.4 Å². The number of amidine groups is 1. The standard InChI is InChI=1S/C19H17ClN2O3S/c1-11-7-8-13(10-14(11)20)21-19-22-18(23)16(26-19)9-12-5-4-6-15(24-2)17(12)25-3/h4-10H,1-3H3,(H,21,22,23)/b16-9-. The molecule has 26 heavy (non-hydrogen) atoms. The first-order chi connectivity index (χ1) is 12.5. The molecule has 2 aromatic rings. The van der Waals surface area contributed by atoms with Crippen LogP contribution in [0.3, 0.4) is 0 Å². The summed E-state index contributed by atoms with van der Waals surface area (Å²) in [7, 11) is 3.14. The van der Waals surface area contributed by atoms with Gasteiger partial charge in [-0.15, -0.1) is 0 Å². The minimum Gasteiger partial charge on any atom is -0.493 e. The van der Waals surface area contributed by atoms with Crippen molar-refractivity contribution in [2.45, 2.75) is 6.92 Å². The number of nitrogens with zero attached hydrogens (tertiary/aromatic N) is 1. The van der Waals surface area contributed by atoms with Gasteiger partial charge in [0.25, 0.3) is 5.91 Å². The highest BCUT2D eigenvalue weighted by molar-refractivity contribution is 8.18. The Bertz CT molecular complexity index is 925. The number of aliphatic imine (C=N–C) groups is 1. The zero-order valence-corrected chi connectivity index (χ0v) is 16.1. The largest absolute Gasteiger partial charge is 0.493 e. The Morgan fingerprint density at radius 3 is 2.69 bits per heavy atom. The lowest BCUT2D eigenvalue weighted by molar-refractivity contribution is -0.115. The van der Waals surface area contributed by atoms with E-state index < -0.39 is 0 Å². The van der Waals surface area contributed by atoms with Gasteiger partial charge in [-0.05, 0) is 48.5 Å². The number of rotatable bonds is 4. The molecule has 1 heterocycles. The second-order valence-electron chi connectivity index (χ2n) is 5.50. The molecule has 0 unspecified atom stereocenters. The third kappa shape index (κ3) is 3.86. The molecular formula is C19H17ClN2O3S. The van der Waals surface area contributed by atoms with Crippen molar-refractivity contribution < 1.29 is 14.3 Å². The summed E-state index contributed by atoms with van der Waals surface area (Å²) in [4.78, 5) is 17.2. The summed E-state index contributed by atoms with van der Waals surface area (Å²) in [6.07, 6.45) is 1.76. The second-order valence-corrected chi connectivity index (χ2v) is 6.94. The molecule has 0 spiro atoms. The van der Waals surface area contributed by atoms with E-state index in [1.807, 2.05) is 31.2 Å². The topological polar surface area (TPSA) is 59.9 Å². The lowest BCUT2D eigenvalue weighted by Gasteiger charge is -2.10. The Hall–Kier alpha value is -2.44. The van der Waals surface area contributed by atoms with E-state index in [1.54, 1.807) is 32.4 Å². The number of thioether (sulfide) groups is 1. The molecule has 1 aliphatic heterocycles. The lowest BCUT2D eigenvalue weighted by atomic mass is 10.1. The maximum atomic E-state index is 12.3. The molecule has 1 amide bonds. The summed E-state index contributed by atoms with van der Waals surface area (Å²) in [5, 5.41) is 3.90. The lowest BCUT2D eigenvalue weighted by Crippen LogP contribution is -2.19. The molecule has 1 saturated heterocycles. The highest BCUT2D eigenvalue weighted by atomic mass is 35.5. The van der Waals surface area contributed by atoms with E-state index in [0.717, 1.165) is 11.1 Å². The highest BCUT2D eigenvalue weighted by Crippen LogP contribution is 2.35. The number of halogens is 1. The van der Waals surface area contributed by atoms with Crippen molar-refractivity contribution in [1.29, 1.82) is 0 Å². The fraction of sp³-hybridized carbons (Fsp3) is 0.158. The Morgan fingerprint density at radius 1 is 1.19 bits per heavy atom. The molecule has 0 aromatic heterocycles. The molecule has 0 saturated carbocycles. The van der Waals surface area contributed by atoms with Gasteiger partial charge in [0.05, 0.1) is 24.8 Å². The van der Waals surface area contributed by atoms with Crippen molar-refractivity contribution in [2.75, 3.05) is 14.2 Å². The summed E-state index contributed by atoms with van der Waals surface area (Å²) in [6, 6.07) is 11.0. The Balaban J connectivity index is 1.89. The Labute approximate surface area is 161 Å². The number of hydrogen-bond acceptors (Lipinski definition) is 5. The fourth-order valence-corrected chi connectivity index (χ4v) is 3.42. The van der Waals surface area contributed by atoms with Crippen LogP contribution in [0.2, 0.25) is 5.02 Å². The zero-order valence-electron chi connectivity index (χ0n) is 14.5. The SMILES string of the molecule is COc1cccc(/C=C2\SC(=Nc3ccc(C)c(Cl)c3)NC2=O)c1OC. The molecule has 7 heteroatoms. The maximum Gasteiger partial charge on any atom is 0.264 e. The van der Waals surface area contributed by atoms with Crippen molar-refractivity contribution in [3.05, 3.63) is 57.5 Å². The predicted octanol–water partition coefficient (Wildman–Crippen LogP) is 4.56. The number of amides is 1. The zero-order chi connectivity index (χ0) is 18.7. The normalized spacial score (nSPS) is 16.8. The van der Waals surface area contributed by atoms with Crippen LogP contribution in [0.15, 0.2) is 46.3 Å². The van der Waals surface area contributed by atoms with Crippen molar-refractivity contribution in [3.8, 4) is 11.5 Å². The predicted molar refractivity (Wildman–Crippen MR) is 107 cm³/mol. The van der Waals surface area contributed by atoms with Gasteiger partial charge in [0, 0.05) is 10.6 Å². The third-order valence-corrected chi connectivity index (χ3v) is 5.07. The van der Waals surface area contributed by atoms with Gasteiger partial charge in [0.2, 0.25) is 0 Å². The van der Waals surface area contributed by atoms with E-state index >= 15 is 0 Å². The van der Waals surface area contributed by atoms with E-state index in [1.165, 1.54) is 11.8 Å². The first-order valence-corrected chi connectivity index (χ1v) is 8.98. The van der Waals surface area contributed by atoms with Gasteiger partial charge in [-0.1, -0.05) is 29.8 Å². The molecule has 1 fully saturated rings. The van der Waals surface area contributed by atoms with Crippen LogP contribution in [0.1, 0.15) is 11.1 Å². The molecule has 1 N–H and O–H groups in total. The number of nitrogens with one attached hydrogen (secondary N) is 1. The summed E-state index contributed by atoms with van der Waals surface area (Å²) in [5.41, 5.74) is 2.41. The summed E-state index contributed by atoms with van der Waals surface area (Å²) in [6.45, 7) is 1.92. The van der Waals surface area contributed by atoms with Crippen molar-refractivity contribution in [2.24, 2.45) is 4.99 Å². The molecule has 1 aliphatic rings. The average molecular weight is 389 g/mol. The van der Waals surface area contributed by atoms with Gasteiger partial charge in [0.1, 0.15) is 0 Å². The maximum absolute atomic E-state index is 12.3. The van der Waals surface area contributed by atoms with Crippen LogP contribution in [0.5, 0.6) is 11.5 Å². The number of carbonyl (C=O) groups is 1. The van der Waals surface area contributed by atoms with E-state index in [4.69, 9.17) is 21.1 Å². The Kier molecular flexibility index (Phi) is 5.54. The van der Waals surface area contributed by atoms with Crippen molar-refractivity contribution in [1.82, 2.24) is 5.32 Å². The number of carbonyl (C=O) groups excluding carboxylic acids is 1. The second kappa shape index (κ2) is 7.85. The van der Waals surface area contributed by atoms with E-state index in [9.17, 15) is 4.79 Å². The molecule has 0 bridgehead atoms. The van der Waals surface area contributed by atoms with Crippen LogP contribution in [0.4, 0.5) is 5.69 Å². The van der Waals surface area contributed by atoms with Gasteiger partial charge < -0.3 is 14.8 Å². The molecule has 2 aromatic carbocycles. The number of para-hydroxylation sites is 1. The summed E-state index contributed by atoms with van der Waals surface area (Å²) < 4.78 is 10.7. The fourth-order valence-electron chi connectivity index (χ4n) is 2.42. The number of benzene rings is 2. The summed E-state index contributed by atoms with van der Waals surface area (Å²) in [5.74, 6) is 0.969. The van der Waals surface area contributed by atoms with E-state index in [-0.39, 0.29) is 5.91 Å². The van der Waals surface area contributed by atoms with Crippen LogP contribution in [0.25, 0.3) is 6.08 Å². The van der Waals surface area contributed by atoms with Crippen LogP contribution in [0, 0.1) is 6.92 Å². The van der Waals surface area contributed by atoms with Gasteiger partial charge in [0.15, 0.2) is 16.7 Å². The molecule has 0 aliphatic carbocycles. The monoisotopic (exact) mass is 388 g/mol. The van der Waals surface area contributed by atoms with E-state index in [2.05, 4.69) is 10.3 Å². The number of aryl methyl sites for hydroxylation is 1. The smallest absolute Gasteiger partial charge is 0.264 e. The highest BCUT2D eigenvalue weighted by Gasteiger charge is 2.24. The first kappa shape index (κ1) is 18.4. The van der Waals surface area contributed by atoms with Gasteiger partial charge in [-0.2, -0.15) is 0 Å². The molecule has 0 radical (unpaired) electrons.